The fourth-order valence-corrected chi connectivity index (χ4v) is 3.67. The van der Waals surface area contributed by atoms with Crippen LogP contribution in [0.5, 0.6) is 0 Å². The van der Waals surface area contributed by atoms with Crippen LogP contribution in [0.1, 0.15) is 23.7 Å². The van der Waals surface area contributed by atoms with E-state index < -0.39 is 0 Å². The Kier molecular flexibility index (Phi) is 4.51. The van der Waals surface area contributed by atoms with Crippen LogP contribution >= 0.6 is 45.5 Å². The highest BCUT2D eigenvalue weighted by Crippen LogP contribution is 2.27. The summed E-state index contributed by atoms with van der Waals surface area (Å²) in [6.07, 6.45) is 0.888. The maximum atomic E-state index is 13.9. The third-order valence-electron chi connectivity index (χ3n) is 3.38. The van der Waals surface area contributed by atoms with E-state index in [4.69, 9.17) is 11.6 Å². The number of nitrogens with zero attached hydrogens (tertiary/aromatic N) is 2. The molecule has 0 fully saturated rings. The normalized spacial score (nSPS) is 13.0. The number of aromatic nitrogens is 2. The van der Waals surface area contributed by atoms with Crippen molar-refractivity contribution in [2.75, 3.05) is 0 Å². The molecule has 0 spiro atoms. The number of fused-ring (bicyclic) bond motifs is 1. The SMILES string of the molecule is CC(Cl)c1nc2cc(I)c(F)cc2n1CCc1ccsc1. The van der Waals surface area contributed by atoms with Gasteiger partial charge in [-0.25, -0.2) is 9.37 Å². The summed E-state index contributed by atoms with van der Waals surface area (Å²) >= 11 is 9.91. The van der Waals surface area contributed by atoms with Crippen molar-refractivity contribution in [3.05, 3.63) is 49.7 Å². The summed E-state index contributed by atoms with van der Waals surface area (Å²) in [5.74, 6) is 0.580. The summed E-state index contributed by atoms with van der Waals surface area (Å²) in [4.78, 5) is 4.58. The van der Waals surface area contributed by atoms with Gasteiger partial charge in [0.25, 0.3) is 0 Å². The Labute approximate surface area is 145 Å². The van der Waals surface area contributed by atoms with Crippen LogP contribution in [0.4, 0.5) is 4.39 Å². The molecule has 110 valence electrons. The summed E-state index contributed by atoms with van der Waals surface area (Å²) in [6, 6.07) is 5.44. The van der Waals surface area contributed by atoms with E-state index in [9.17, 15) is 4.39 Å². The molecular formula is C15H13ClFIN2S. The standard InChI is InChI=1S/C15H13ClFIN2S/c1-9(16)15-19-13-7-12(18)11(17)6-14(13)20(15)4-2-10-3-5-21-8-10/h3,5-9H,2,4H2,1H3. The molecule has 0 saturated heterocycles. The van der Waals surface area contributed by atoms with Crippen LogP contribution in [-0.4, -0.2) is 9.55 Å². The minimum atomic E-state index is -0.214. The zero-order valence-electron chi connectivity index (χ0n) is 11.3. The van der Waals surface area contributed by atoms with Gasteiger partial charge in [0.2, 0.25) is 0 Å². The third kappa shape index (κ3) is 3.10. The van der Waals surface area contributed by atoms with Gasteiger partial charge in [0.05, 0.1) is 20.0 Å². The van der Waals surface area contributed by atoms with Gasteiger partial charge >= 0.3 is 0 Å². The Bertz CT molecular complexity index is 768. The first-order valence-corrected chi connectivity index (χ1v) is 9.02. The maximum absolute atomic E-state index is 13.9. The number of aryl methyl sites for hydroxylation is 2. The Morgan fingerprint density at radius 1 is 1.48 bits per heavy atom. The van der Waals surface area contributed by atoms with E-state index in [1.165, 1.54) is 5.56 Å². The molecule has 2 nitrogen and oxygen atoms in total. The molecule has 21 heavy (non-hydrogen) atoms. The van der Waals surface area contributed by atoms with Crippen LogP contribution in [0.25, 0.3) is 11.0 Å². The van der Waals surface area contributed by atoms with Crippen LogP contribution in [0.3, 0.4) is 0 Å². The lowest BCUT2D eigenvalue weighted by atomic mass is 10.2. The van der Waals surface area contributed by atoms with Crippen molar-refractivity contribution in [2.24, 2.45) is 0 Å². The maximum Gasteiger partial charge on any atom is 0.138 e. The number of benzene rings is 1. The molecule has 0 amide bonds. The monoisotopic (exact) mass is 434 g/mol. The Balaban J connectivity index is 2.04. The molecule has 0 N–H and O–H groups in total. The van der Waals surface area contributed by atoms with E-state index in [1.54, 1.807) is 23.5 Å². The van der Waals surface area contributed by atoms with Crippen molar-refractivity contribution in [1.82, 2.24) is 9.55 Å². The summed E-state index contributed by atoms with van der Waals surface area (Å²) in [7, 11) is 0. The Morgan fingerprint density at radius 3 is 2.95 bits per heavy atom. The fourth-order valence-electron chi connectivity index (χ4n) is 2.35. The van der Waals surface area contributed by atoms with Crippen molar-refractivity contribution in [2.45, 2.75) is 25.3 Å². The van der Waals surface area contributed by atoms with Crippen LogP contribution in [0.2, 0.25) is 0 Å². The molecule has 1 unspecified atom stereocenters. The molecule has 0 radical (unpaired) electrons. The lowest BCUT2D eigenvalue weighted by molar-refractivity contribution is 0.618. The molecular weight excluding hydrogens is 422 g/mol. The average molecular weight is 435 g/mol. The second kappa shape index (κ2) is 6.22. The molecule has 1 atom stereocenters. The highest BCUT2D eigenvalue weighted by atomic mass is 127. The van der Waals surface area contributed by atoms with Gasteiger partial charge in [0, 0.05) is 12.6 Å². The lowest BCUT2D eigenvalue weighted by Gasteiger charge is -2.10. The topological polar surface area (TPSA) is 17.8 Å². The molecule has 3 aromatic rings. The summed E-state index contributed by atoms with van der Waals surface area (Å²) in [5.41, 5.74) is 2.89. The summed E-state index contributed by atoms with van der Waals surface area (Å²) in [5, 5.41) is 3.99. The molecule has 2 aromatic heterocycles. The Hall–Kier alpha value is -0.660. The largest absolute Gasteiger partial charge is 0.326 e. The molecule has 0 aliphatic carbocycles. The fraction of sp³-hybridized carbons (Fsp3) is 0.267. The van der Waals surface area contributed by atoms with Gasteiger partial charge in [-0.2, -0.15) is 11.3 Å². The van der Waals surface area contributed by atoms with Crippen molar-refractivity contribution < 1.29 is 4.39 Å². The van der Waals surface area contributed by atoms with E-state index in [-0.39, 0.29) is 11.2 Å². The smallest absolute Gasteiger partial charge is 0.138 e. The molecule has 0 saturated carbocycles. The van der Waals surface area contributed by atoms with Gasteiger partial charge in [-0.1, -0.05) is 0 Å². The molecule has 2 heterocycles. The highest BCUT2D eigenvalue weighted by molar-refractivity contribution is 14.1. The number of thiophene rings is 1. The van der Waals surface area contributed by atoms with Crippen LogP contribution in [0, 0.1) is 9.39 Å². The van der Waals surface area contributed by atoms with Crippen molar-refractivity contribution in [3.8, 4) is 0 Å². The highest BCUT2D eigenvalue weighted by Gasteiger charge is 2.16. The number of imidazole rings is 1. The quantitative estimate of drug-likeness (QED) is 0.398. The van der Waals surface area contributed by atoms with Gasteiger partial charge in [-0.3, -0.25) is 0 Å². The molecule has 0 aliphatic rings. The number of rotatable bonds is 4. The second-order valence-corrected chi connectivity index (χ2v) is 7.47. The van der Waals surface area contributed by atoms with E-state index in [2.05, 4.69) is 21.8 Å². The van der Waals surface area contributed by atoms with Gasteiger partial charge < -0.3 is 4.57 Å². The van der Waals surface area contributed by atoms with Crippen LogP contribution < -0.4 is 0 Å². The third-order valence-corrected chi connectivity index (χ3v) is 5.13. The van der Waals surface area contributed by atoms with Gasteiger partial charge in [0.15, 0.2) is 0 Å². The number of hydrogen-bond donors (Lipinski definition) is 0. The van der Waals surface area contributed by atoms with Crippen LogP contribution in [-0.2, 0) is 13.0 Å². The van der Waals surface area contributed by atoms with E-state index in [0.29, 0.717) is 3.57 Å². The zero-order valence-corrected chi connectivity index (χ0v) is 15.0. The first kappa shape index (κ1) is 15.2. The molecule has 0 aliphatic heterocycles. The Morgan fingerprint density at radius 2 is 2.29 bits per heavy atom. The number of hydrogen-bond acceptors (Lipinski definition) is 2. The predicted molar refractivity (Wildman–Crippen MR) is 94.7 cm³/mol. The number of alkyl halides is 1. The average Bonchev–Trinajstić information content (AvgIpc) is 3.05. The number of halogens is 3. The van der Waals surface area contributed by atoms with Crippen molar-refractivity contribution in [3.63, 3.8) is 0 Å². The van der Waals surface area contributed by atoms with E-state index in [0.717, 1.165) is 29.8 Å². The van der Waals surface area contributed by atoms with Gasteiger partial charge in [0.1, 0.15) is 11.6 Å². The van der Waals surface area contributed by atoms with E-state index >= 15 is 0 Å². The molecule has 6 heteroatoms. The zero-order chi connectivity index (χ0) is 15.0. The minimum absolute atomic E-state index is 0.208. The first-order valence-electron chi connectivity index (χ1n) is 6.56. The van der Waals surface area contributed by atoms with Crippen molar-refractivity contribution in [1.29, 1.82) is 0 Å². The first-order chi connectivity index (χ1) is 10.1. The van der Waals surface area contributed by atoms with E-state index in [1.807, 2.05) is 34.1 Å². The van der Waals surface area contributed by atoms with Crippen molar-refractivity contribution >= 4 is 56.6 Å². The molecule has 3 rings (SSSR count). The lowest BCUT2D eigenvalue weighted by Crippen LogP contribution is -2.06. The summed E-state index contributed by atoms with van der Waals surface area (Å²) < 4.78 is 16.5. The molecule has 1 aromatic carbocycles. The minimum Gasteiger partial charge on any atom is -0.326 e. The van der Waals surface area contributed by atoms with Gasteiger partial charge in [-0.15, -0.1) is 11.6 Å². The summed E-state index contributed by atoms with van der Waals surface area (Å²) in [6.45, 7) is 2.64. The van der Waals surface area contributed by atoms with Gasteiger partial charge in [-0.05, 0) is 64.4 Å². The predicted octanol–water partition coefficient (Wildman–Crippen LogP) is 5.38. The van der Waals surface area contributed by atoms with Crippen LogP contribution in [0.15, 0.2) is 29.0 Å². The second-order valence-electron chi connectivity index (χ2n) is 4.87. The molecule has 0 bridgehead atoms.